The zero-order valence-corrected chi connectivity index (χ0v) is 14.8. The second-order valence-electron chi connectivity index (χ2n) is 6.25. The molecular weight excluding hydrogens is 352 g/mol. The first kappa shape index (κ1) is 18.7. The van der Waals surface area contributed by atoms with Crippen LogP contribution in [-0.4, -0.2) is 53.6 Å². The van der Waals surface area contributed by atoms with Crippen LogP contribution in [0.15, 0.2) is 47.1 Å². The van der Waals surface area contributed by atoms with Gasteiger partial charge in [0.1, 0.15) is 6.04 Å². The van der Waals surface area contributed by atoms with Gasteiger partial charge >= 0.3 is 5.97 Å². The Labute approximate surface area is 155 Å². The lowest BCUT2D eigenvalue weighted by Crippen LogP contribution is -2.56. The summed E-state index contributed by atoms with van der Waals surface area (Å²) in [5, 5.41) is 11.7. The Hall–Kier alpha value is -3.13. The maximum Gasteiger partial charge on any atom is 0.328 e. The number of amides is 2. The van der Waals surface area contributed by atoms with E-state index in [4.69, 9.17) is 9.15 Å². The summed E-state index contributed by atoms with van der Waals surface area (Å²) < 4.78 is 10.0. The molecule has 0 bridgehead atoms. The van der Waals surface area contributed by atoms with Crippen molar-refractivity contribution < 1.29 is 28.6 Å². The topological polar surface area (TPSA) is 109 Å². The summed E-state index contributed by atoms with van der Waals surface area (Å²) in [5.74, 6) is -2.05. The van der Waals surface area contributed by atoms with Crippen molar-refractivity contribution in [2.45, 2.75) is 25.0 Å². The molecule has 0 saturated carbocycles. The van der Waals surface area contributed by atoms with Gasteiger partial charge in [-0.3, -0.25) is 9.59 Å². The summed E-state index contributed by atoms with van der Waals surface area (Å²) >= 11 is 0. The van der Waals surface area contributed by atoms with Gasteiger partial charge in [-0.15, -0.1) is 0 Å². The van der Waals surface area contributed by atoms with Crippen molar-refractivity contribution in [2.75, 3.05) is 13.7 Å². The molecule has 1 aliphatic rings. The molecule has 0 saturated heterocycles. The van der Waals surface area contributed by atoms with Gasteiger partial charge < -0.3 is 24.5 Å². The normalized spacial score (nSPS) is 17.1. The average molecular weight is 372 g/mol. The molecule has 2 unspecified atom stereocenters. The first-order chi connectivity index (χ1) is 13.0. The van der Waals surface area contributed by atoms with Gasteiger partial charge in [-0.2, -0.15) is 0 Å². The maximum atomic E-state index is 12.8. The molecule has 0 fully saturated rings. The van der Waals surface area contributed by atoms with Crippen LogP contribution in [0.4, 0.5) is 0 Å². The summed E-state index contributed by atoms with van der Waals surface area (Å²) in [5.41, 5.74) is 1.88. The minimum atomic E-state index is -1.20. The van der Waals surface area contributed by atoms with Crippen LogP contribution in [0.3, 0.4) is 0 Å². The van der Waals surface area contributed by atoms with E-state index in [0.717, 1.165) is 11.1 Å². The summed E-state index contributed by atoms with van der Waals surface area (Å²) in [6.45, 7) is 0.0618. The van der Waals surface area contributed by atoms with Crippen LogP contribution >= 0.6 is 0 Å². The van der Waals surface area contributed by atoms with Crippen molar-refractivity contribution in [1.82, 2.24) is 10.2 Å². The van der Waals surface area contributed by atoms with Gasteiger partial charge in [0.05, 0.1) is 12.9 Å². The van der Waals surface area contributed by atoms with E-state index in [1.807, 2.05) is 24.3 Å². The molecule has 0 radical (unpaired) electrons. The fourth-order valence-corrected chi connectivity index (χ4v) is 3.12. The van der Waals surface area contributed by atoms with Crippen molar-refractivity contribution in [3.8, 4) is 0 Å². The van der Waals surface area contributed by atoms with Crippen LogP contribution < -0.4 is 5.32 Å². The van der Waals surface area contributed by atoms with Crippen LogP contribution in [0.2, 0.25) is 0 Å². The van der Waals surface area contributed by atoms with E-state index in [1.54, 1.807) is 6.07 Å². The number of carbonyl (C=O) groups is 3. The molecule has 0 spiro atoms. The molecule has 27 heavy (non-hydrogen) atoms. The number of nitrogens with one attached hydrogen (secondary N) is 1. The van der Waals surface area contributed by atoms with Gasteiger partial charge in [0.2, 0.25) is 5.91 Å². The summed E-state index contributed by atoms with van der Waals surface area (Å²) in [6.07, 6.45) is 1.67. The van der Waals surface area contributed by atoms with Gasteiger partial charge in [0.25, 0.3) is 5.91 Å². The molecule has 2 heterocycles. The van der Waals surface area contributed by atoms with Crippen molar-refractivity contribution >= 4 is 17.8 Å². The van der Waals surface area contributed by atoms with E-state index in [9.17, 15) is 19.5 Å². The molecule has 8 heteroatoms. The molecule has 8 nitrogen and oxygen atoms in total. The lowest BCUT2D eigenvalue weighted by molar-refractivity contribution is -0.144. The number of carboxylic acid groups (broad SMARTS) is 1. The van der Waals surface area contributed by atoms with Gasteiger partial charge in [-0.1, -0.05) is 24.3 Å². The molecule has 142 valence electrons. The standard InChI is InChI=1S/C19H20N2O6/c1-26-11-14(19(24)25)20-17(22)15-9-12-5-2-3-6-13(12)10-21(15)18(23)16-7-4-8-27-16/h2-8,14-15H,9-11H2,1H3,(H,20,22)(H,24,25). The molecular formula is C19H20N2O6. The van der Waals surface area contributed by atoms with Crippen LogP contribution in [0.25, 0.3) is 0 Å². The van der Waals surface area contributed by atoms with E-state index in [-0.39, 0.29) is 25.3 Å². The Morgan fingerprint density at radius 3 is 2.63 bits per heavy atom. The monoisotopic (exact) mass is 372 g/mol. The second kappa shape index (κ2) is 8.05. The number of hydrogen-bond donors (Lipinski definition) is 2. The predicted octanol–water partition coefficient (Wildman–Crippen LogP) is 1.06. The molecule has 2 atom stereocenters. The first-order valence-corrected chi connectivity index (χ1v) is 8.44. The third-order valence-electron chi connectivity index (χ3n) is 4.49. The minimum absolute atomic E-state index is 0.124. The van der Waals surface area contributed by atoms with Crippen LogP contribution in [0.1, 0.15) is 21.7 Å². The van der Waals surface area contributed by atoms with Crippen LogP contribution in [-0.2, 0) is 27.3 Å². The minimum Gasteiger partial charge on any atom is -0.480 e. The molecule has 2 aromatic rings. The number of methoxy groups -OCH3 is 1. The van der Waals surface area contributed by atoms with Gasteiger partial charge in [0, 0.05) is 20.1 Å². The van der Waals surface area contributed by atoms with E-state index in [0.29, 0.717) is 0 Å². The van der Waals surface area contributed by atoms with Crippen LogP contribution in [0, 0.1) is 0 Å². The zero-order chi connectivity index (χ0) is 19.4. The summed E-state index contributed by atoms with van der Waals surface area (Å²) in [4.78, 5) is 38.4. The van der Waals surface area contributed by atoms with Crippen molar-refractivity contribution in [3.05, 3.63) is 59.5 Å². The van der Waals surface area contributed by atoms with E-state index in [1.165, 1.54) is 24.3 Å². The fourth-order valence-electron chi connectivity index (χ4n) is 3.12. The Morgan fingerprint density at radius 1 is 1.26 bits per heavy atom. The molecule has 3 rings (SSSR count). The third kappa shape index (κ3) is 4.01. The number of furan rings is 1. The fraction of sp³-hybridized carbons (Fsp3) is 0.316. The lowest BCUT2D eigenvalue weighted by Gasteiger charge is -2.36. The number of aliphatic carboxylic acids is 1. The number of hydrogen-bond acceptors (Lipinski definition) is 5. The van der Waals surface area contributed by atoms with E-state index in [2.05, 4.69) is 5.32 Å². The van der Waals surface area contributed by atoms with Gasteiger partial charge in [0.15, 0.2) is 11.8 Å². The van der Waals surface area contributed by atoms with Crippen LogP contribution in [0.5, 0.6) is 0 Å². The Bertz CT molecular complexity index is 832. The van der Waals surface area contributed by atoms with E-state index >= 15 is 0 Å². The number of nitrogens with zero attached hydrogens (tertiary/aromatic N) is 1. The number of carbonyl (C=O) groups excluding carboxylic acids is 2. The van der Waals surface area contributed by atoms with Crippen molar-refractivity contribution in [3.63, 3.8) is 0 Å². The van der Waals surface area contributed by atoms with Gasteiger partial charge in [-0.25, -0.2) is 4.79 Å². The maximum absolute atomic E-state index is 12.8. The average Bonchev–Trinajstić information content (AvgIpc) is 3.20. The number of ether oxygens (including phenoxy) is 1. The smallest absolute Gasteiger partial charge is 0.328 e. The van der Waals surface area contributed by atoms with Crippen molar-refractivity contribution in [1.29, 1.82) is 0 Å². The third-order valence-corrected chi connectivity index (χ3v) is 4.49. The summed E-state index contributed by atoms with van der Waals surface area (Å²) in [7, 11) is 1.35. The number of rotatable bonds is 6. The Kier molecular flexibility index (Phi) is 5.56. The molecule has 1 aliphatic heterocycles. The quantitative estimate of drug-likeness (QED) is 0.785. The number of fused-ring (bicyclic) bond motifs is 1. The molecule has 1 aromatic carbocycles. The highest BCUT2D eigenvalue weighted by atomic mass is 16.5. The highest BCUT2D eigenvalue weighted by Crippen LogP contribution is 2.25. The highest BCUT2D eigenvalue weighted by molar-refractivity contribution is 5.96. The molecule has 0 aliphatic carbocycles. The second-order valence-corrected chi connectivity index (χ2v) is 6.25. The zero-order valence-electron chi connectivity index (χ0n) is 14.8. The van der Waals surface area contributed by atoms with Gasteiger partial charge in [-0.05, 0) is 23.3 Å². The molecule has 1 aromatic heterocycles. The van der Waals surface area contributed by atoms with Crippen molar-refractivity contribution in [2.24, 2.45) is 0 Å². The van der Waals surface area contributed by atoms with E-state index < -0.39 is 29.9 Å². The number of benzene rings is 1. The highest BCUT2D eigenvalue weighted by Gasteiger charge is 2.37. The lowest BCUT2D eigenvalue weighted by atomic mass is 9.93. The molecule has 2 N–H and O–H groups in total. The first-order valence-electron chi connectivity index (χ1n) is 8.44. The Morgan fingerprint density at radius 2 is 2.00 bits per heavy atom. The predicted molar refractivity (Wildman–Crippen MR) is 94.0 cm³/mol. The SMILES string of the molecule is COCC(NC(=O)C1Cc2ccccc2CN1C(=O)c1ccco1)C(=O)O. The largest absolute Gasteiger partial charge is 0.480 e. The molecule has 2 amide bonds. The Balaban J connectivity index is 1.88. The summed E-state index contributed by atoms with van der Waals surface area (Å²) in [6, 6.07) is 8.61. The number of carboxylic acids is 1.